The average molecular weight is 394 g/mol. The third kappa shape index (κ3) is 3.84. The lowest BCUT2D eigenvalue weighted by molar-refractivity contribution is -0.127. The fraction of sp³-hybridized carbons (Fsp3) is 0.211. The van der Waals surface area contributed by atoms with Crippen LogP contribution in [-0.4, -0.2) is 68.0 Å². The van der Waals surface area contributed by atoms with Gasteiger partial charge in [0.05, 0.1) is 11.3 Å². The summed E-state index contributed by atoms with van der Waals surface area (Å²) < 4.78 is 1.47. The number of para-hydroxylation sites is 1. The lowest BCUT2D eigenvalue weighted by Crippen LogP contribution is -2.50. The molecule has 4 rings (SSSR count). The first-order chi connectivity index (χ1) is 13.7. The molecule has 2 aromatic heterocycles. The molecular formula is C19H18N6O2S. The van der Waals surface area contributed by atoms with E-state index in [-0.39, 0.29) is 11.8 Å². The summed E-state index contributed by atoms with van der Waals surface area (Å²) in [5.41, 5.74) is 1.17. The van der Waals surface area contributed by atoms with Crippen LogP contribution in [0.15, 0.2) is 54.2 Å². The number of carbonyl (C=O) groups excluding carboxylic acids is 2. The minimum absolute atomic E-state index is 0.0328. The standard InChI is InChI=1S/C19H18N6O2S/c26-18(8-7-15-4-3-13-28-15)23-9-11-24(12-10-23)19(27)16-5-1-2-6-17(16)25-14-20-21-22-25/h1-8,13-14H,9-12H2/b8-7+. The third-order valence-corrected chi connectivity index (χ3v) is 5.38. The topological polar surface area (TPSA) is 84.2 Å². The van der Waals surface area contributed by atoms with Crippen molar-refractivity contribution in [1.29, 1.82) is 0 Å². The van der Waals surface area contributed by atoms with Crippen LogP contribution in [0, 0.1) is 0 Å². The lowest BCUT2D eigenvalue weighted by Gasteiger charge is -2.34. The second-order valence-corrected chi connectivity index (χ2v) is 7.22. The van der Waals surface area contributed by atoms with Crippen molar-refractivity contribution in [2.45, 2.75) is 0 Å². The van der Waals surface area contributed by atoms with E-state index in [1.54, 1.807) is 39.3 Å². The van der Waals surface area contributed by atoms with E-state index >= 15 is 0 Å². The van der Waals surface area contributed by atoms with Crippen LogP contribution < -0.4 is 0 Å². The molecule has 0 bridgehead atoms. The molecular weight excluding hydrogens is 376 g/mol. The molecule has 1 saturated heterocycles. The molecule has 0 saturated carbocycles. The maximum atomic E-state index is 13.0. The molecule has 0 aliphatic carbocycles. The van der Waals surface area contributed by atoms with E-state index in [0.717, 1.165) is 4.88 Å². The molecule has 1 aliphatic heterocycles. The minimum atomic E-state index is -0.0904. The molecule has 0 unspecified atom stereocenters. The van der Waals surface area contributed by atoms with E-state index in [4.69, 9.17) is 0 Å². The normalized spacial score (nSPS) is 14.6. The Balaban J connectivity index is 1.40. The first-order valence-electron chi connectivity index (χ1n) is 8.84. The molecule has 1 aromatic carbocycles. The summed E-state index contributed by atoms with van der Waals surface area (Å²) in [6.45, 7) is 1.99. The molecule has 1 fully saturated rings. The Kier molecular flexibility index (Phi) is 5.24. The minimum Gasteiger partial charge on any atom is -0.336 e. The molecule has 3 heterocycles. The predicted octanol–water partition coefficient (Wildman–Crippen LogP) is 1.72. The molecule has 2 amide bonds. The number of hydrogen-bond acceptors (Lipinski definition) is 6. The highest BCUT2D eigenvalue weighted by molar-refractivity contribution is 7.10. The highest BCUT2D eigenvalue weighted by Crippen LogP contribution is 2.17. The van der Waals surface area contributed by atoms with Gasteiger partial charge < -0.3 is 9.80 Å². The highest BCUT2D eigenvalue weighted by Gasteiger charge is 2.25. The maximum Gasteiger partial charge on any atom is 0.256 e. The maximum absolute atomic E-state index is 13.0. The van der Waals surface area contributed by atoms with Crippen molar-refractivity contribution in [3.05, 3.63) is 64.6 Å². The van der Waals surface area contributed by atoms with Gasteiger partial charge in [0.25, 0.3) is 5.91 Å². The van der Waals surface area contributed by atoms with Gasteiger partial charge >= 0.3 is 0 Å². The number of aromatic nitrogens is 4. The van der Waals surface area contributed by atoms with E-state index < -0.39 is 0 Å². The number of thiophene rings is 1. The number of piperazine rings is 1. The summed E-state index contributed by atoms with van der Waals surface area (Å²) in [5.74, 6) is -0.123. The van der Waals surface area contributed by atoms with Crippen LogP contribution in [0.25, 0.3) is 11.8 Å². The van der Waals surface area contributed by atoms with Gasteiger partial charge in [-0.15, -0.1) is 16.4 Å². The zero-order valence-corrected chi connectivity index (χ0v) is 15.8. The van der Waals surface area contributed by atoms with E-state index in [1.165, 1.54) is 11.0 Å². The highest BCUT2D eigenvalue weighted by atomic mass is 32.1. The molecule has 8 nitrogen and oxygen atoms in total. The summed E-state index contributed by atoms with van der Waals surface area (Å²) in [5, 5.41) is 13.1. The number of amides is 2. The SMILES string of the molecule is O=C(/C=C/c1cccs1)N1CCN(C(=O)c2ccccc2-n2cnnn2)CC1. The van der Waals surface area contributed by atoms with Gasteiger partial charge in [0.2, 0.25) is 5.91 Å². The fourth-order valence-electron chi connectivity index (χ4n) is 3.07. The summed E-state index contributed by atoms with van der Waals surface area (Å²) in [6.07, 6.45) is 4.88. The quantitative estimate of drug-likeness (QED) is 0.629. The molecule has 142 valence electrons. The van der Waals surface area contributed by atoms with Crippen molar-refractivity contribution in [2.75, 3.05) is 26.2 Å². The van der Waals surface area contributed by atoms with Gasteiger partial charge in [-0.3, -0.25) is 9.59 Å². The molecule has 0 radical (unpaired) electrons. The first kappa shape index (κ1) is 18.1. The lowest BCUT2D eigenvalue weighted by atomic mass is 10.1. The van der Waals surface area contributed by atoms with E-state index in [9.17, 15) is 9.59 Å². The second-order valence-electron chi connectivity index (χ2n) is 6.24. The molecule has 28 heavy (non-hydrogen) atoms. The Morgan fingerprint density at radius 3 is 2.50 bits per heavy atom. The number of rotatable bonds is 4. The van der Waals surface area contributed by atoms with Crippen LogP contribution in [0.3, 0.4) is 0 Å². The van der Waals surface area contributed by atoms with Crippen LogP contribution in [-0.2, 0) is 4.79 Å². The van der Waals surface area contributed by atoms with Gasteiger partial charge in [-0.1, -0.05) is 18.2 Å². The summed E-state index contributed by atoms with van der Waals surface area (Å²) >= 11 is 1.59. The first-order valence-corrected chi connectivity index (χ1v) is 9.72. The Hall–Kier alpha value is -3.33. The molecule has 9 heteroatoms. The van der Waals surface area contributed by atoms with Gasteiger partial charge in [0.15, 0.2) is 0 Å². The van der Waals surface area contributed by atoms with Crippen molar-refractivity contribution >= 4 is 29.2 Å². The average Bonchev–Trinajstić information content (AvgIpc) is 3.46. The number of tetrazole rings is 1. The fourth-order valence-corrected chi connectivity index (χ4v) is 3.69. The van der Waals surface area contributed by atoms with Crippen LogP contribution in [0.5, 0.6) is 0 Å². The van der Waals surface area contributed by atoms with Gasteiger partial charge in [-0.2, -0.15) is 4.68 Å². The Bertz CT molecular complexity index is 976. The van der Waals surface area contributed by atoms with Gasteiger partial charge in [0.1, 0.15) is 6.33 Å². The number of benzene rings is 1. The number of nitrogens with zero attached hydrogens (tertiary/aromatic N) is 6. The number of hydrogen-bond donors (Lipinski definition) is 0. The Labute approximate surface area is 165 Å². The monoisotopic (exact) mass is 394 g/mol. The van der Waals surface area contributed by atoms with Gasteiger partial charge in [-0.05, 0) is 40.1 Å². The van der Waals surface area contributed by atoms with Crippen molar-refractivity contribution in [3.63, 3.8) is 0 Å². The van der Waals surface area contributed by atoms with Crippen molar-refractivity contribution in [3.8, 4) is 5.69 Å². The van der Waals surface area contributed by atoms with Crippen LogP contribution >= 0.6 is 11.3 Å². The number of carbonyl (C=O) groups is 2. The van der Waals surface area contributed by atoms with Crippen molar-refractivity contribution in [2.24, 2.45) is 0 Å². The van der Waals surface area contributed by atoms with Gasteiger partial charge in [-0.25, -0.2) is 0 Å². The molecule has 0 N–H and O–H groups in total. The van der Waals surface area contributed by atoms with Crippen LogP contribution in [0.1, 0.15) is 15.2 Å². The zero-order valence-electron chi connectivity index (χ0n) is 15.0. The summed E-state index contributed by atoms with van der Waals surface area (Å²) in [6, 6.07) is 11.1. The van der Waals surface area contributed by atoms with E-state index in [0.29, 0.717) is 37.4 Å². The van der Waals surface area contributed by atoms with E-state index in [2.05, 4.69) is 15.5 Å². The molecule has 3 aromatic rings. The van der Waals surface area contributed by atoms with Crippen molar-refractivity contribution in [1.82, 2.24) is 30.0 Å². The smallest absolute Gasteiger partial charge is 0.256 e. The van der Waals surface area contributed by atoms with Crippen molar-refractivity contribution < 1.29 is 9.59 Å². The van der Waals surface area contributed by atoms with E-state index in [1.807, 2.05) is 35.7 Å². The predicted molar refractivity (Wildman–Crippen MR) is 105 cm³/mol. The van der Waals surface area contributed by atoms with Crippen LogP contribution in [0.4, 0.5) is 0 Å². The molecule has 0 spiro atoms. The Morgan fingerprint density at radius 2 is 1.79 bits per heavy atom. The zero-order chi connectivity index (χ0) is 19.3. The van der Waals surface area contributed by atoms with Gasteiger partial charge in [0, 0.05) is 37.1 Å². The Morgan fingerprint density at radius 1 is 1.00 bits per heavy atom. The largest absolute Gasteiger partial charge is 0.336 e. The van der Waals surface area contributed by atoms with Crippen LogP contribution in [0.2, 0.25) is 0 Å². The third-order valence-electron chi connectivity index (χ3n) is 4.54. The summed E-state index contributed by atoms with van der Waals surface area (Å²) in [7, 11) is 0. The summed E-state index contributed by atoms with van der Waals surface area (Å²) in [4.78, 5) is 29.9. The molecule has 1 aliphatic rings. The second kappa shape index (κ2) is 8.13. The molecule has 0 atom stereocenters.